The normalized spacial score (nSPS) is 22.6. The third-order valence-corrected chi connectivity index (χ3v) is 5.63. The molecular formula is C24H44O6. The summed E-state index contributed by atoms with van der Waals surface area (Å²) in [6.45, 7) is 2.00. The molecule has 1 unspecified atom stereocenters. The maximum atomic E-state index is 11.7. The molecule has 0 bridgehead atoms. The minimum Gasteiger partial charge on any atom is -0.463 e. The average Bonchev–Trinajstić information content (AvgIpc) is 3.07. The van der Waals surface area contributed by atoms with Gasteiger partial charge in [-0.1, -0.05) is 70.4 Å². The molecule has 0 saturated carbocycles. The molecule has 3 N–H and O–H groups in total. The summed E-state index contributed by atoms with van der Waals surface area (Å²) >= 11 is 0. The van der Waals surface area contributed by atoms with E-state index in [1.54, 1.807) is 0 Å². The summed E-state index contributed by atoms with van der Waals surface area (Å²) in [5.74, 6) is -0.347. The van der Waals surface area contributed by atoms with Crippen molar-refractivity contribution in [3.8, 4) is 0 Å². The van der Waals surface area contributed by atoms with Gasteiger partial charge in [0.1, 0.15) is 31.0 Å². The van der Waals surface area contributed by atoms with Crippen LogP contribution >= 0.6 is 0 Å². The van der Waals surface area contributed by atoms with Crippen LogP contribution in [0.4, 0.5) is 0 Å². The van der Waals surface area contributed by atoms with Crippen LogP contribution in [0.1, 0.15) is 96.8 Å². The first-order valence-electron chi connectivity index (χ1n) is 12.0. The highest BCUT2D eigenvalue weighted by molar-refractivity contribution is 5.69. The van der Waals surface area contributed by atoms with Gasteiger partial charge < -0.3 is 24.8 Å². The van der Waals surface area contributed by atoms with E-state index >= 15 is 0 Å². The quantitative estimate of drug-likeness (QED) is 0.173. The number of allylic oxidation sites excluding steroid dienone is 2. The third-order valence-electron chi connectivity index (χ3n) is 5.63. The van der Waals surface area contributed by atoms with Crippen LogP contribution in [0.3, 0.4) is 0 Å². The van der Waals surface area contributed by atoms with Crippen molar-refractivity contribution in [1.82, 2.24) is 0 Å². The standard InChI is InChI=1S/C24H44O6/c1-2-3-4-5-6-7-8-9-10-11-12-13-14-15-16-17-22(27)29-19-21(26)24-23(28)20(25)18-30-24/h9-10,20-21,23-26,28H,2-8,11-19H2,1H3/b10-9-/t20?,21-,23+,24+/m0/s1. The van der Waals surface area contributed by atoms with Gasteiger partial charge in [-0.05, 0) is 32.1 Å². The Morgan fingerprint density at radius 2 is 1.53 bits per heavy atom. The van der Waals surface area contributed by atoms with Gasteiger partial charge in [-0.15, -0.1) is 0 Å². The van der Waals surface area contributed by atoms with Crippen molar-refractivity contribution in [2.45, 2.75) is 121 Å². The van der Waals surface area contributed by atoms with E-state index in [0.717, 1.165) is 25.7 Å². The lowest BCUT2D eigenvalue weighted by Gasteiger charge is -2.20. The zero-order valence-electron chi connectivity index (χ0n) is 18.8. The number of unbranched alkanes of at least 4 members (excludes halogenated alkanes) is 11. The van der Waals surface area contributed by atoms with Crippen LogP contribution < -0.4 is 0 Å². The minimum absolute atomic E-state index is 0.0221. The Bertz CT molecular complexity index is 453. The zero-order chi connectivity index (χ0) is 22.0. The predicted octanol–water partition coefficient (Wildman–Crippen LogP) is 4.05. The molecule has 0 radical (unpaired) electrons. The number of hydrogen-bond acceptors (Lipinski definition) is 6. The maximum Gasteiger partial charge on any atom is 0.305 e. The SMILES string of the molecule is CCCCCCCC/C=C\CCCCCCCC(=O)OC[C@H](O)[C@H]1OCC(O)[C@H]1O. The van der Waals surface area contributed by atoms with Crippen molar-refractivity contribution >= 4 is 5.97 Å². The minimum atomic E-state index is -1.15. The molecule has 1 fully saturated rings. The Hall–Kier alpha value is -0.950. The number of esters is 1. The van der Waals surface area contributed by atoms with Gasteiger partial charge in [0.05, 0.1) is 6.61 Å². The van der Waals surface area contributed by atoms with Gasteiger partial charge in [-0.3, -0.25) is 4.79 Å². The largest absolute Gasteiger partial charge is 0.463 e. The Labute approximate surface area is 182 Å². The van der Waals surface area contributed by atoms with Gasteiger partial charge in [0.2, 0.25) is 0 Å². The van der Waals surface area contributed by atoms with Gasteiger partial charge in [0.25, 0.3) is 0 Å². The average molecular weight is 429 g/mol. The number of aliphatic hydroxyl groups is 3. The molecule has 4 atom stereocenters. The molecule has 1 aliphatic rings. The highest BCUT2D eigenvalue weighted by Gasteiger charge is 2.39. The molecule has 1 aliphatic heterocycles. The fraction of sp³-hybridized carbons (Fsp3) is 0.875. The molecule has 6 heteroatoms. The molecule has 1 heterocycles. The van der Waals surface area contributed by atoms with E-state index in [1.807, 2.05) is 0 Å². The van der Waals surface area contributed by atoms with Crippen LogP contribution in [0.15, 0.2) is 12.2 Å². The molecule has 0 aromatic heterocycles. The van der Waals surface area contributed by atoms with Gasteiger partial charge in [0.15, 0.2) is 0 Å². The van der Waals surface area contributed by atoms with Crippen molar-refractivity contribution in [2.75, 3.05) is 13.2 Å². The molecule has 0 aromatic carbocycles. The van der Waals surface area contributed by atoms with Crippen molar-refractivity contribution in [3.63, 3.8) is 0 Å². The lowest BCUT2D eigenvalue weighted by atomic mass is 10.1. The second kappa shape index (κ2) is 17.7. The molecule has 0 spiro atoms. The molecule has 0 aromatic rings. The van der Waals surface area contributed by atoms with E-state index < -0.39 is 24.4 Å². The van der Waals surface area contributed by atoms with Crippen LogP contribution in [0.5, 0.6) is 0 Å². The Balaban J connectivity index is 1.87. The fourth-order valence-corrected chi connectivity index (χ4v) is 3.65. The molecule has 6 nitrogen and oxygen atoms in total. The van der Waals surface area contributed by atoms with E-state index in [1.165, 1.54) is 57.8 Å². The van der Waals surface area contributed by atoms with E-state index in [-0.39, 0.29) is 19.2 Å². The summed E-state index contributed by atoms with van der Waals surface area (Å²) in [6, 6.07) is 0. The first-order valence-corrected chi connectivity index (χ1v) is 12.0. The summed E-state index contributed by atoms with van der Waals surface area (Å²) in [7, 11) is 0. The Kier molecular flexibility index (Phi) is 16.0. The van der Waals surface area contributed by atoms with Crippen molar-refractivity contribution in [3.05, 3.63) is 12.2 Å². The number of carbonyl (C=O) groups excluding carboxylic acids is 1. The molecule has 0 aliphatic carbocycles. The summed E-state index contributed by atoms with van der Waals surface area (Å²) in [6.07, 6.45) is 16.5. The van der Waals surface area contributed by atoms with E-state index in [4.69, 9.17) is 9.47 Å². The zero-order valence-corrected chi connectivity index (χ0v) is 18.8. The monoisotopic (exact) mass is 428 g/mol. The van der Waals surface area contributed by atoms with Gasteiger partial charge in [-0.2, -0.15) is 0 Å². The second-order valence-corrected chi connectivity index (χ2v) is 8.44. The van der Waals surface area contributed by atoms with Gasteiger partial charge in [-0.25, -0.2) is 0 Å². The van der Waals surface area contributed by atoms with Crippen LogP contribution in [-0.4, -0.2) is 58.9 Å². The summed E-state index contributed by atoms with van der Waals surface area (Å²) in [5.41, 5.74) is 0. The summed E-state index contributed by atoms with van der Waals surface area (Å²) < 4.78 is 10.2. The topological polar surface area (TPSA) is 96.2 Å². The van der Waals surface area contributed by atoms with E-state index in [0.29, 0.717) is 6.42 Å². The van der Waals surface area contributed by atoms with Crippen molar-refractivity contribution < 1.29 is 29.6 Å². The number of carbonyl (C=O) groups is 1. The molecule has 30 heavy (non-hydrogen) atoms. The predicted molar refractivity (Wildman–Crippen MR) is 118 cm³/mol. The number of rotatable bonds is 18. The highest BCUT2D eigenvalue weighted by atomic mass is 16.6. The van der Waals surface area contributed by atoms with E-state index in [9.17, 15) is 20.1 Å². The van der Waals surface area contributed by atoms with Crippen LogP contribution in [0, 0.1) is 0 Å². The van der Waals surface area contributed by atoms with Crippen molar-refractivity contribution in [2.24, 2.45) is 0 Å². The number of hydrogen-bond donors (Lipinski definition) is 3. The fourth-order valence-electron chi connectivity index (χ4n) is 3.65. The van der Waals surface area contributed by atoms with Crippen molar-refractivity contribution in [1.29, 1.82) is 0 Å². The van der Waals surface area contributed by atoms with Crippen LogP contribution in [0.2, 0.25) is 0 Å². The first-order chi connectivity index (χ1) is 14.6. The Morgan fingerprint density at radius 1 is 0.967 bits per heavy atom. The van der Waals surface area contributed by atoms with Crippen LogP contribution in [0.25, 0.3) is 0 Å². The molecular weight excluding hydrogens is 384 g/mol. The lowest BCUT2D eigenvalue weighted by molar-refractivity contribution is -0.151. The van der Waals surface area contributed by atoms with E-state index in [2.05, 4.69) is 19.1 Å². The van der Waals surface area contributed by atoms with Gasteiger partial charge in [0, 0.05) is 6.42 Å². The molecule has 0 amide bonds. The molecule has 1 saturated heterocycles. The van der Waals surface area contributed by atoms with Gasteiger partial charge >= 0.3 is 5.97 Å². The highest BCUT2D eigenvalue weighted by Crippen LogP contribution is 2.18. The maximum absolute atomic E-state index is 11.7. The summed E-state index contributed by atoms with van der Waals surface area (Å²) in [4.78, 5) is 11.7. The lowest BCUT2D eigenvalue weighted by Crippen LogP contribution is -2.41. The number of ether oxygens (including phenoxy) is 2. The molecule has 1 rings (SSSR count). The van der Waals surface area contributed by atoms with Crippen LogP contribution in [-0.2, 0) is 14.3 Å². The third kappa shape index (κ3) is 12.7. The Morgan fingerprint density at radius 3 is 2.10 bits per heavy atom. The first kappa shape index (κ1) is 27.1. The number of aliphatic hydroxyl groups excluding tert-OH is 3. The smallest absolute Gasteiger partial charge is 0.305 e. The summed E-state index contributed by atoms with van der Waals surface area (Å²) in [5, 5.41) is 29.0. The second-order valence-electron chi connectivity index (χ2n) is 8.44. The molecule has 176 valence electrons.